The molecule has 2 heterocycles. The van der Waals surface area contributed by atoms with E-state index in [1.165, 1.54) is 16.4 Å². The third-order valence-electron chi connectivity index (χ3n) is 6.62. The zero-order chi connectivity index (χ0) is 22.8. The van der Waals surface area contributed by atoms with E-state index in [-0.39, 0.29) is 16.6 Å². The van der Waals surface area contributed by atoms with Crippen LogP contribution in [-0.2, 0) is 25.0 Å². The van der Waals surface area contributed by atoms with E-state index in [4.69, 9.17) is 4.74 Å². The second kappa shape index (κ2) is 9.29. The number of hydrogen-bond acceptors (Lipinski definition) is 4. The van der Waals surface area contributed by atoms with Crippen molar-refractivity contribution in [2.45, 2.75) is 49.0 Å². The number of nitrogens with one attached hydrogen (secondary N) is 1. The number of carbonyl (C=O) groups excluding carboxylic acids is 1. The van der Waals surface area contributed by atoms with Gasteiger partial charge in [0, 0.05) is 31.7 Å². The summed E-state index contributed by atoms with van der Waals surface area (Å²) >= 11 is 0. The molecule has 2 aromatic carbocycles. The number of ether oxygens (including phenoxy) is 1. The lowest BCUT2D eigenvalue weighted by molar-refractivity contribution is -0.124. The molecule has 1 amide bonds. The van der Waals surface area contributed by atoms with Gasteiger partial charge < -0.3 is 10.1 Å². The molecule has 2 aliphatic heterocycles. The average Bonchev–Trinajstić information content (AvgIpc) is 3.30. The molecule has 2 fully saturated rings. The summed E-state index contributed by atoms with van der Waals surface area (Å²) in [4.78, 5) is 13.3. The van der Waals surface area contributed by atoms with Crippen molar-refractivity contribution in [3.05, 3.63) is 65.5 Å². The van der Waals surface area contributed by atoms with E-state index in [2.05, 4.69) is 5.32 Å². The van der Waals surface area contributed by atoms with Crippen LogP contribution in [0.5, 0.6) is 0 Å². The van der Waals surface area contributed by atoms with Gasteiger partial charge in [0.05, 0.1) is 4.90 Å². The topological polar surface area (TPSA) is 75.7 Å². The molecule has 0 saturated carbocycles. The van der Waals surface area contributed by atoms with E-state index >= 15 is 0 Å². The molecule has 0 unspecified atom stereocenters. The van der Waals surface area contributed by atoms with E-state index in [1.54, 1.807) is 30.3 Å². The van der Waals surface area contributed by atoms with E-state index in [1.807, 2.05) is 13.0 Å². The maximum atomic E-state index is 13.9. The van der Waals surface area contributed by atoms with Crippen molar-refractivity contribution in [3.8, 4) is 0 Å². The third-order valence-corrected chi connectivity index (χ3v) is 8.54. The van der Waals surface area contributed by atoms with Crippen molar-refractivity contribution >= 4 is 15.9 Å². The van der Waals surface area contributed by atoms with E-state index in [9.17, 15) is 17.6 Å². The van der Waals surface area contributed by atoms with Crippen LogP contribution in [-0.4, -0.2) is 51.0 Å². The minimum atomic E-state index is -3.76. The number of aryl methyl sites for hydroxylation is 1. The van der Waals surface area contributed by atoms with Gasteiger partial charge in [0.25, 0.3) is 0 Å². The van der Waals surface area contributed by atoms with Crippen molar-refractivity contribution in [2.75, 3.05) is 26.3 Å². The molecule has 2 saturated heterocycles. The molecular formula is C24H29FN2O4S. The fourth-order valence-corrected chi connectivity index (χ4v) is 6.31. The minimum absolute atomic E-state index is 0.198. The van der Waals surface area contributed by atoms with Gasteiger partial charge in [0.2, 0.25) is 15.9 Å². The number of nitrogens with zero attached hydrogens (tertiary/aromatic N) is 1. The van der Waals surface area contributed by atoms with Crippen LogP contribution in [0.25, 0.3) is 0 Å². The highest BCUT2D eigenvalue weighted by Gasteiger charge is 2.41. The molecule has 4 rings (SSSR count). The minimum Gasteiger partial charge on any atom is -0.381 e. The van der Waals surface area contributed by atoms with Crippen molar-refractivity contribution in [1.29, 1.82) is 0 Å². The van der Waals surface area contributed by atoms with E-state index in [0.717, 1.165) is 11.1 Å². The first-order valence-corrected chi connectivity index (χ1v) is 12.5. The summed E-state index contributed by atoms with van der Waals surface area (Å²) in [7, 11) is -3.76. The first-order valence-electron chi connectivity index (χ1n) is 11.0. The number of sulfonamides is 1. The largest absolute Gasteiger partial charge is 0.381 e. The average molecular weight is 461 g/mol. The number of amides is 1. The Hall–Kier alpha value is -2.29. The summed E-state index contributed by atoms with van der Waals surface area (Å²) in [5, 5.41) is 2.99. The van der Waals surface area contributed by atoms with Crippen LogP contribution in [0.4, 0.5) is 4.39 Å². The summed E-state index contributed by atoms with van der Waals surface area (Å²) in [6, 6.07) is 12.4. The Morgan fingerprint density at radius 1 is 1.19 bits per heavy atom. The lowest BCUT2D eigenvalue weighted by Crippen LogP contribution is -2.50. The SMILES string of the molecule is Cc1ccc(S(=O)(=O)N2CCC[C@H]2C(=O)NCC2(c3cccc(F)c3)CCOCC2)cc1. The zero-order valence-corrected chi connectivity index (χ0v) is 19.0. The van der Waals surface area contributed by atoms with E-state index < -0.39 is 21.5 Å². The molecule has 0 spiro atoms. The number of halogens is 1. The Bertz CT molecular complexity index is 1070. The van der Waals surface area contributed by atoms with E-state index in [0.29, 0.717) is 52.0 Å². The van der Waals surface area contributed by atoms with Crippen molar-refractivity contribution in [3.63, 3.8) is 0 Å². The Labute approximate surface area is 188 Å². The monoisotopic (exact) mass is 460 g/mol. The molecule has 0 aliphatic carbocycles. The molecule has 8 heteroatoms. The maximum Gasteiger partial charge on any atom is 0.243 e. The number of benzene rings is 2. The second-order valence-electron chi connectivity index (χ2n) is 8.71. The summed E-state index contributed by atoms with van der Waals surface area (Å²) < 4.78 is 47.1. The first-order chi connectivity index (χ1) is 15.3. The summed E-state index contributed by atoms with van der Waals surface area (Å²) in [6.45, 7) is 3.59. The van der Waals surface area contributed by atoms with Gasteiger partial charge in [-0.25, -0.2) is 12.8 Å². The van der Waals surface area contributed by atoms with Crippen LogP contribution in [0.1, 0.15) is 36.8 Å². The molecule has 1 N–H and O–H groups in total. The lowest BCUT2D eigenvalue weighted by Gasteiger charge is -2.38. The molecular weight excluding hydrogens is 431 g/mol. The van der Waals surface area contributed by atoms with Gasteiger partial charge in [-0.1, -0.05) is 29.8 Å². The maximum absolute atomic E-state index is 13.9. The Balaban J connectivity index is 1.51. The first kappa shape index (κ1) is 22.9. The van der Waals surface area contributed by atoms with Gasteiger partial charge in [0.15, 0.2) is 0 Å². The molecule has 0 bridgehead atoms. The van der Waals surface area contributed by atoms with Gasteiger partial charge in [0.1, 0.15) is 11.9 Å². The highest BCUT2D eigenvalue weighted by molar-refractivity contribution is 7.89. The predicted molar refractivity (Wildman–Crippen MR) is 119 cm³/mol. The van der Waals surface area contributed by atoms with Crippen LogP contribution in [0, 0.1) is 12.7 Å². The smallest absolute Gasteiger partial charge is 0.243 e. The standard InChI is InChI=1S/C24H29FN2O4S/c1-18-7-9-21(10-8-18)32(29,30)27-13-3-6-22(27)23(28)26-17-24(11-14-31-15-12-24)19-4-2-5-20(25)16-19/h2,4-5,7-10,16,22H,3,6,11-15,17H2,1H3,(H,26,28)/t22-/m0/s1. The highest BCUT2D eigenvalue weighted by atomic mass is 32.2. The highest BCUT2D eigenvalue weighted by Crippen LogP contribution is 2.35. The lowest BCUT2D eigenvalue weighted by atomic mass is 9.74. The summed E-state index contributed by atoms with van der Waals surface area (Å²) in [6.07, 6.45) is 2.43. The van der Waals surface area contributed by atoms with Gasteiger partial charge in [-0.05, 0) is 62.4 Å². The van der Waals surface area contributed by atoms with Crippen LogP contribution >= 0.6 is 0 Å². The summed E-state index contributed by atoms with van der Waals surface area (Å²) in [5.41, 5.74) is 1.37. The number of hydrogen-bond donors (Lipinski definition) is 1. The van der Waals surface area contributed by atoms with Gasteiger partial charge >= 0.3 is 0 Å². The van der Waals surface area contributed by atoms with Crippen LogP contribution < -0.4 is 5.32 Å². The van der Waals surface area contributed by atoms with Gasteiger partial charge in [-0.15, -0.1) is 0 Å². The Morgan fingerprint density at radius 2 is 1.91 bits per heavy atom. The van der Waals surface area contributed by atoms with Crippen molar-refractivity contribution in [2.24, 2.45) is 0 Å². The second-order valence-corrected chi connectivity index (χ2v) is 10.6. The van der Waals surface area contributed by atoms with Gasteiger partial charge in [-0.3, -0.25) is 4.79 Å². The Morgan fingerprint density at radius 3 is 2.59 bits per heavy atom. The quantitative estimate of drug-likeness (QED) is 0.719. The predicted octanol–water partition coefficient (Wildman–Crippen LogP) is 3.15. The van der Waals surface area contributed by atoms with Crippen LogP contribution in [0.3, 0.4) is 0 Å². The molecule has 0 aromatic heterocycles. The fourth-order valence-electron chi connectivity index (χ4n) is 4.66. The number of rotatable bonds is 6. The molecule has 172 valence electrons. The van der Waals surface area contributed by atoms with Gasteiger partial charge in [-0.2, -0.15) is 4.31 Å². The zero-order valence-electron chi connectivity index (χ0n) is 18.2. The van der Waals surface area contributed by atoms with Crippen molar-refractivity contribution in [1.82, 2.24) is 9.62 Å². The van der Waals surface area contributed by atoms with Crippen LogP contribution in [0.2, 0.25) is 0 Å². The molecule has 2 aliphatic rings. The number of carbonyl (C=O) groups is 1. The summed E-state index contributed by atoms with van der Waals surface area (Å²) in [5.74, 6) is -0.619. The molecule has 0 radical (unpaired) electrons. The third kappa shape index (κ3) is 4.58. The van der Waals surface area contributed by atoms with Crippen LogP contribution in [0.15, 0.2) is 53.4 Å². The normalized spacial score (nSPS) is 21.4. The molecule has 2 aromatic rings. The fraction of sp³-hybridized carbons (Fsp3) is 0.458. The molecule has 6 nitrogen and oxygen atoms in total. The Kier molecular flexibility index (Phi) is 6.65. The molecule has 32 heavy (non-hydrogen) atoms. The molecule has 1 atom stereocenters. The van der Waals surface area contributed by atoms with Crippen molar-refractivity contribution < 1.29 is 22.3 Å².